The van der Waals surface area contributed by atoms with Crippen LogP contribution in [0.2, 0.25) is 0 Å². The zero-order valence-electron chi connectivity index (χ0n) is 17.4. The number of methoxy groups -OCH3 is 1. The highest BCUT2D eigenvalue weighted by molar-refractivity contribution is 7.99. The standard InChI is InChI=1S/C23H23N3O4S2/c1-30-19-6-3-7-21(14-19)32(28,29)26-18-9-11-20(12-10-18)31-22-13-8-16(15-24-22)23(27)25-17-4-2-5-17/h3,6-15,17,26H,2,4-5H2,1H3,(H,25,27). The first-order chi connectivity index (χ1) is 15.4. The molecular formula is C23H23N3O4S2. The molecule has 0 atom stereocenters. The Balaban J connectivity index is 1.37. The van der Waals surface area contributed by atoms with E-state index in [2.05, 4.69) is 15.0 Å². The van der Waals surface area contributed by atoms with Gasteiger partial charge in [-0.3, -0.25) is 9.52 Å². The second kappa shape index (κ2) is 9.62. The normalized spacial score (nSPS) is 13.8. The topological polar surface area (TPSA) is 97.4 Å². The summed E-state index contributed by atoms with van der Waals surface area (Å²) in [6.07, 6.45) is 4.82. The summed E-state index contributed by atoms with van der Waals surface area (Å²) in [4.78, 5) is 17.6. The molecule has 0 unspecified atom stereocenters. The van der Waals surface area contributed by atoms with Crippen molar-refractivity contribution in [3.63, 3.8) is 0 Å². The first-order valence-corrected chi connectivity index (χ1v) is 12.4. The average Bonchev–Trinajstić information content (AvgIpc) is 2.78. The third kappa shape index (κ3) is 5.41. The van der Waals surface area contributed by atoms with Crippen molar-refractivity contribution in [3.05, 3.63) is 72.4 Å². The molecule has 0 radical (unpaired) electrons. The van der Waals surface area contributed by atoms with E-state index >= 15 is 0 Å². The third-order valence-corrected chi connectivity index (χ3v) is 7.46. The summed E-state index contributed by atoms with van der Waals surface area (Å²) in [5.41, 5.74) is 0.997. The van der Waals surface area contributed by atoms with Gasteiger partial charge in [-0.1, -0.05) is 17.8 Å². The van der Waals surface area contributed by atoms with Gasteiger partial charge in [-0.05, 0) is 67.8 Å². The second-order valence-electron chi connectivity index (χ2n) is 7.40. The maximum atomic E-state index is 12.6. The Morgan fingerprint density at radius 3 is 2.50 bits per heavy atom. The zero-order valence-corrected chi connectivity index (χ0v) is 19.1. The third-order valence-electron chi connectivity index (χ3n) is 5.12. The van der Waals surface area contributed by atoms with Crippen LogP contribution in [0.15, 0.2) is 81.7 Å². The van der Waals surface area contributed by atoms with Crippen molar-refractivity contribution in [1.82, 2.24) is 10.3 Å². The molecule has 3 aromatic rings. The highest BCUT2D eigenvalue weighted by Gasteiger charge is 2.20. The quantitative estimate of drug-likeness (QED) is 0.510. The highest BCUT2D eigenvalue weighted by atomic mass is 32.2. The fourth-order valence-corrected chi connectivity index (χ4v) is 4.94. The Morgan fingerprint density at radius 1 is 1.09 bits per heavy atom. The summed E-state index contributed by atoms with van der Waals surface area (Å²) < 4.78 is 32.9. The number of hydrogen-bond donors (Lipinski definition) is 2. The van der Waals surface area contributed by atoms with Crippen LogP contribution in [0.3, 0.4) is 0 Å². The number of benzene rings is 2. The molecule has 1 saturated carbocycles. The van der Waals surface area contributed by atoms with Crippen molar-refractivity contribution < 1.29 is 17.9 Å². The molecule has 1 aliphatic rings. The molecule has 1 aromatic heterocycles. The smallest absolute Gasteiger partial charge is 0.262 e. The lowest BCUT2D eigenvalue weighted by molar-refractivity contribution is 0.0916. The summed E-state index contributed by atoms with van der Waals surface area (Å²) >= 11 is 1.43. The van der Waals surface area contributed by atoms with Crippen molar-refractivity contribution >= 4 is 33.4 Å². The van der Waals surface area contributed by atoms with E-state index in [0.717, 1.165) is 22.8 Å². The van der Waals surface area contributed by atoms with Crippen LogP contribution in [-0.4, -0.2) is 32.5 Å². The Morgan fingerprint density at radius 2 is 1.88 bits per heavy atom. The lowest BCUT2D eigenvalue weighted by atomic mass is 9.93. The molecule has 0 aliphatic heterocycles. The van der Waals surface area contributed by atoms with E-state index in [-0.39, 0.29) is 16.8 Å². The number of ether oxygens (including phenoxy) is 1. The Kier molecular flexibility index (Phi) is 6.66. The molecule has 1 heterocycles. The van der Waals surface area contributed by atoms with Gasteiger partial charge in [0.15, 0.2) is 0 Å². The minimum absolute atomic E-state index is 0.0913. The lowest BCUT2D eigenvalue weighted by Crippen LogP contribution is -2.39. The number of pyridine rings is 1. The molecule has 2 aromatic carbocycles. The molecule has 2 N–H and O–H groups in total. The fourth-order valence-electron chi connectivity index (χ4n) is 3.09. The average molecular weight is 470 g/mol. The molecule has 1 fully saturated rings. The summed E-state index contributed by atoms with van der Waals surface area (Å²) in [6.45, 7) is 0. The van der Waals surface area contributed by atoms with Crippen LogP contribution >= 0.6 is 11.8 Å². The van der Waals surface area contributed by atoms with Crippen molar-refractivity contribution in [2.24, 2.45) is 0 Å². The summed E-state index contributed by atoms with van der Waals surface area (Å²) in [5, 5.41) is 3.74. The van der Waals surface area contributed by atoms with Crippen molar-refractivity contribution in [2.75, 3.05) is 11.8 Å². The van der Waals surface area contributed by atoms with Gasteiger partial charge in [-0.25, -0.2) is 13.4 Å². The van der Waals surface area contributed by atoms with Gasteiger partial charge in [-0.15, -0.1) is 0 Å². The van der Waals surface area contributed by atoms with E-state index in [1.165, 1.54) is 37.4 Å². The summed E-state index contributed by atoms with van der Waals surface area (Å²) in [6, 6.07) is 17.2. The molecule has 7 nitrogen and oxygen atoms in total. The van der Waals surface area contributed by atoms with Gasteiger partial charge >= 0.3 is 0 Å². The molecule has 166 valence electrons. The van der Waals surface area contributed by atoms with E-state index in [0.29, 0.717) is 17.0 Å². The van der Waals surface area contributed by atoms with E-state index in [9.17, 15) is 13.2 Å². The van der Waals surface area contributed by atoms with Crippen LogP contribution < -0.4 is 14.8 Å². The minimum atomic E-state index is -3.72. The number of nitrogens with one attached hydrogen (secondary N) is 2. The van der Waals surface area contributed by atoms with Gasteiger partial charge in [0.2, 0.25) is 0 Å². The molecule has 1 aliphatic carbocycles. The Hall–Kier alpha value is -3.04. The molecule has 32 heavy (non-hydrogen) atoms. The predicted molar refractivity (Wildman–Crippen MR) is 124 cm³/mol. The second-order valence-corrected chi connectivity index (χ2v) is 10.2. The maximum Gasteiger partial charge on any atom is 0.262 e. The van der Waals surface area contributed by atoms with Crippen LogP contribution in [-0.2, 0) is 10.0 Å². The largest absolute Gasteiger partial charge is 0.497 e. The highest BCUT2D eigenvalue weighted by Crippen LogP contribution is 2.28. The molecular weight excluding hydrogens is 446 g/mol. The van der Waals surface area contributed by atoms with Gasteiger partial charge in [-0.2, -0.15) is 0 Å². The molecule has 0 spiro atoms. The number of anilines is 1. The molecule has 0 saturated heterocycles. The van der Waals surface area contributed by atoms with E-state index < -0.39 is 10.0 Å². The number of sulfonamides is 1. The number of hydrogen-bond acceptors (Lipinski definition) is 6. The van der Waals surface area contributed by atoms with Crippen molar-refractivity contribution in [1.29, 1.82) is 0 Å². The first kappa shape index (κ1) is 22.2. The van der Waals surface area contributed by atoms with Gasteiger partial charge in [0.1, 0.15) is 10.8 Å². The van der Waals surface area contributed by atoms with Crippen molar-refractivity contribution in [3.8, 4) is 5.75 Å². The lowest BCUT2D eigenvalue weighted by Gasteiger charge is -2.26. The van der Waals surface area contributed by atoms with E-state index in [1.54, 1.807) is 42.6 Å². The molecule has 4 rings (SSSR count). The van der Waals surface area contributed by atoms with Crippen LogP contribution in [0.4, 0.5) is 5.69 Å². The molecule has 0 bridgehead atoms. The fraction of sp³-hybridized carbons (Fsp3) is 0.217. The first-order valence-electron chi connectivity index (χ1n) is 10.1. The maximum absolute atomic E-state index is 12.6. The number of amides is 1. The summed E-state index contributed by atoms with van der Waals surface area (Å²) in [5.74, 6) is 0.380. The van der Waals surface area contributed by atoms with Crippen LogP contribution in [0.1, 0.15) is 29.6 Å². The molecule has 9 heteroatoms. The van der Waals surface area contributed by atoms with Crippen LogP contribution in [0, 0.1) is 0 Å². The van der Waals surface area contributed by atoms with Crippen molar-refractivity contribution in [2.45, 2.75) is 40.1 Å². The SMILES string of the molecule is COc1cccc(S(=O)(=O)Nc2ccc(Sc3ccc(C(=O)NC4CCC4)cn3)cc2)c1. The number of nitrogens with zero attached hydrogens (tertiary/aromatic N) is 1. The monoisotopic (exact) mass is 469 g/mol. The number of carbonyl (C=O) groups excluding carboxylic acids is 1. The van der Waals surface area contributed by atoms with Gasteiger partial charge in [0, 0.05) is 28.9 Å². The van der Waals surface area contributed by atoms with Crippen LogP contribution in [0.25, 0.3) is 0 Å². The van der Waals surface area contributed by atoms with Gasteiger partial charge in [0.25, 0.3) is 15.9 Å². The van der Waals surface area contributed by atoms with Crippen LogP contribution in [0.5, 0.6) is 5.75 Å². The predicted octanol–water partition coefficient (Wildman–Crippen LogP) is 4.32. The molecule has 1 amide bonds. The number of carbonyl (C=O) groups is 1. The van der Waals surface area contributed by atoms with E-state index in [1.807, 2.05) is 12.1 Å². The Labute approximate surface area is 191 Å². The number of rotatable bonds is 8. The Bertz CT molecular complexity index is 1190. The van der Waals surface area contributed by atoms with Gasteiger partial charge < -0.3 is 10.1 Å². The minimum Gasteiger partial charge on any atom is -0.497 e. The zero-order chi connectivity index (χ0) is 22.6. The van der Waals surface area contributed by atoms with Gasteiger partial charge in [0.05, 0.1) is 17.6 Å². The number of aromatic nitrogens is 1. The van der Waals surface area contributed by atoms with E-state index in [4.69, 9.17) is 4.74 Å². The summed E-state index contributed by atoms with van der Waals surface area (Å²) in [7, 11) is -2.24.